The van der Waals surface area contributed by atoms with E-state index in [9.17, 15) is 9.90 Å². The second-order valence-electron chi connectivity index (χ2n) is 4.64. The summed E-state index contributed by atoms with van der Waals surface area (Å²) < 4.78 is 5.72. The molecule has 1 aromatic rings. The van der Waals surface area contributed by atoms with Gasteiger partial charge in [-0.25, -0.2) is 0 Å². The monoisotopic (exact) mass is 249 g/mol. The molecule has 1 heterocycles. The van der Waals surface area contributed by atoms with Gasteiger partial charge in [-0.2, -0.15) is 0 Å². The molecule has 1 amide bonds. The van der Waals surface area contributed by atoms with Gasteiger partial charge in [0.1, 0.15) is 5.75 Å². The molecule has 2 unspecified atom stereocenters. The van der Waals surface area contributed by atoms with E-state index in [1.807, 2.05) is 18.2 Å². The molecule has 1 aliphatic rings. The molecule has 1 fully saturated rings. The Balaban J connectivity index is 2.07. The van der Waals surface area contributed by atoms with Crippen LogP contribution in [-0.2, 0) is 4.79 Å². The topological polar surface area (TPSA) is 58.6 Å². The number of carbonyl (C=O) groups is 1. The normalized spacial score (nSPS) is 21.9. The number of benzene rings is 1. The largest absolute Gasteiger partial charge is 0.481 e. The van der Waals surface area contributed by atoms with Gasteiger partial charge in [-0.05, 0) is 43.9 Å². The molecule has 1 saturated heterocycles. The average molecular weight is 249 g/mol. The number of ether oxygens (including phenoxy) is 1. The van der Waals surface area contributed by atoms with Gasteiger partial charge in [0.2, 0.25) is 0 Å². The molecule has 0 spiro atoms. The molecule has 0 aromatic heterocycles. The fourth-order valence-electron chi connectivity index (χ4n) is 2.04. The van der Waals surface area contributed by atoms with E-state index in [1.54, 1.807) is 13.0 Å². The van der Waals surface area contributed by atoms with Crippen LogP contribution in [0.5, 0.6) is 5.75 Å². The van der Waals surface area contributed by atoms with Gasteiger partial charge in [0, 0.05) is 6.54 Å². The Morgan fingerprint density at radius 3 is 3.06 bits per heavy atom. The second kappa shape index (κ2) is 5.87. The number of aliphatic hydroxyl groups is 1. The molecule has 98 valence electrons. The predicted molar refractivity (Wildman–Crippen MR) is 68.4 cm³/mol. The van der Waals surface area contributed by atoms with Crippen molar-refractivity contribution in [3.63, 3.8) is 0 Å². The number of carbonyl (C=O) groups excluding carboxylic acids is 1. The summed E-state index contributed by atoms with van der Waals surface area (Å²) in [6.45, 7) is 2.43. The molecule has 2 rings (SSSR count). The van der Waals surface area contributed by atoms with Gasteiger partial charge in [0.25, 0.3) is 5.91 Å². The third-order valence-corrected chi connectivity index (χ3v) is 3.10. The molecule has 2 N–H and O–H groups in total. The van der Waals surface area contributed by atoms with Gasteiger partial charge in [-0.3, -0.25) is 4.79 Å². The summed E-state index contributed by atoms with van der Waals surface area (Å²) in [5.74, 6) is 0.588. The summed E-state index contributed by atoms with van der Waals surface area (Å²) in [7, 11) is 0. The zero-order valence-corrected chi connectivity index (χ0v) is 10.6. The van der Waals surface area contributed by atoms with Crippen LogP contribution in [0.1, 0.15) is 37.9 Å². The second-order valence-corrected chi connectivity index (χ2v) is 4.64. The van der Waals surface area contributed by atoms with E-state index in [2.05, 4.69) is 5.32 Å². The molecule has 2 atom stereocenters. The highest BCUT2D eigenvalue weighted by atomic mass is 16.5. The van der Waals surface area contributed by atoms with Crippen molar-refractivity contribution in [3.05, 3.63) is 29.8 Å². The van der Waals surface area contributed by atoms with Crippen LogP contribution in [0.25, 0.3) is 0 Å². The van der Waals surface area contributed by atoms with Crippen molar-refractivity contribution in [2.45, 2.75) is 38.4 Å². The van der Waals surface area contributed by atoms with Crippen LogP contribution in [0.2, 0.25) is 0 Å². The van der Waals surface area contributed by atoms with Crippen molar-refractivity contribution < 1.29 is 14.6 Å². The lowest BCUT2D eigenvalue weighted by Crippen LogP contribution is -2.36. The summed E-state index contributed by atoms with van der Waals surface area (Å²) in [5, 5.41) is 12.4. The average Bonchev–Trinajstić information content (AvgIpc) is 2.55. The van der Waals surface area contributed by atoms with E-state index in [0.29, 0.717) is 5.75 Å². The number of nitrogens with one attached hydrogen (secondary N) is 1. The minimum absolute atomic E-state index is 0.0463. The van der Waals surface area contributed by atoms with Crippen molar-refractivity contribution in [2.24, 2.45) is 0 Å². The van der Waals surface area contributed by atoms with E-state index in [4.69, 9.17) is 4.74 Å². The Kier molecular flexibility index (Phi) is 4.20. The summed E-state index contributed by atoms with van der Waals surface area (Å²) >= 11 is 0. The molecule has 0 radical (unpaired) electrons. The molecule has 0 saturated carbocycles. The number of amides is 1. The number of aliphatic hydroxyl groups excluding tert-OH is 1. The Morgan fingerprint density at radius 2 is 2.28 bits per heavy atom. The lowest BCUT2D eigenvalue weighted by molar-refractivity contribution is -0.127. The number of hydrogen-bond donors (Lipinski definition) is 2. The van der Waals surface area contributed by atoms with Crippen LogP contribution in [-0.4, -0.2) is 23.7 Å². The fourth-order valence-corrected chi connectivity index (χ4v) is 2.04. The van der Waals surface area contributed by atoms with Gasteiger partial charge in [-0.15, -0.1) is 0 Å². The maximum atomic E-state index is 11.8. The smallest absolute Gasteiger partial charge is 0.261 e. The maximum absolute atomic E-state index is 11.8. The molecule has 18 heavy (non-hydrogen) atoms. The van der Waals surface area contributed by atoms with Crippen molar-refractivity contribution in [1.82, 2.24) is 5.32 Å². The van der Waals surface area contributed by atoms with E-state index < -0.39 is 12.2 Å². The molecular weight excluding hydrogens is 230 g/mol. The first-order valence-electron chi connectivity index (χ1n) is 6.39. The SMILES string of the molecule is CC(O)c1cccc(OC2CCCCNC2=O)c1. The summed E-state index contributed by atoms with van der Waals surface area (Å²) in [5.41, 5.74) is 0.793. The van der Waals surface area contributed by atoms with Crippen LogP contribution in [0, 0.1) is 0 Å². The summed E-state index contributed by atoms with van der Waals surface area (Å²) in [6.07, 6.45) is 1.78. The van der Waals surface area contributed by atoms with Crippen molar-refractivity contribution in [1.29, 1.82) is 0 Å². The van der Waals surface area contributed by atoms with Crippen molar-refractivity contribution in [2.75, 3.05) is 6.54 Å². The lowest BCUT2D eigenvalue weighted by Gasteiger charge is -2.16. The van der Waals surface area contributed by atoms with Crippen LogP contribution >= 0.6 is 0 Å². The highest BCUT2D eigenvalue weighted by Gasteiger charge is 2.22. The summed E-state index contributed by atoms with van der Waals surface area (Å²) in [6, 6.07) is 7.25. The Bertz CT molecular complexity index is 417. The van der Waals surface area contributed by atoms with E-state index in [-0.39, 0.29) is 5.91 Å². The minimum Gasteiger partial charge on any atom is -0.481 e. The quantitative estimate of drug-likeness (QED) is 0.858. The highest BCUT2D eigenvalue weighted by Crippen LogP contribution is 2.21. The molecule has 0 bridgehead atoms. The molecule has 1 aromatic carbocycles. The van der Waals surface area contributed by atoms with Gasteiger partial charge >= 0.3 is 0 Å². The Hall–Kier alpha value is -1.55. The highest BCUT2D eigenvalue weighted by molar-refractivity contribution is 5.81. The number of rotatable bonds is 3. The minimum atomic E-state index is -0.531. The van der Waals surface area contributed by atoms with E-state index in [1.165, 1.54) is 0 Å². The zero-order chi connectivity index (χ0) is 13.0. The fraction of sp³-hybridized carbons (Fsp3) is 0.500. The molecule has 4 heteroatoms. The van der Waals surface area contributed by atoms with E-state index in [0.717, 1.165) is 31.4 Å². The molecular formula is C14H19NO3. The van der Waals surface area contributed by atoms with E-state index >= 15 is 0 Å². The maximum Gasteiger partial charge on any atom is 0.261 e. The summed E-state index contributed by atoms with van der Waals surface area (Å²) in [4.78, 5) is 11.8. The van der Waals surface area contributed by atoms with Crippen molar-refractivity contribution in [3.8, 4) is 5.75 Å². The first-order valence-corrected chi connectivity index (χ1v) is 6.39. The molecule has 1 aliphatic heterocycles. The third kappa shape index (κ3) is 3.23. The first kappa shape index (κ1) is 12.9. The van der Waals surface area contributed by atoms with Gasteiger partial charge in [0.15, 0.2) is 6.10 Å². The van der Waals surface area contributed by atoms with Crippen LogP contribution in [0.3, 0.4) is 0 Å². The van der Waals surface area contributed by atoms with Gasteiger partial charge in [-0.1, -0.05) is 12.1 Å². The van der Waals surface area contributed by atoms with Crippen LogP contribution in [0.15, 0.2) is 24.3 Å². The predicted octanol–water partition coefficient (Wildman–Crippen LogP) is 1.79. The lowest BCUT2D eigenvalue weighted by atomic mass is 10.1. The Labute approximate surface area is 107 Å². The van der Waals surface area contributed by atoms with Gasteiger partial charge in [0.05, 0.1) is 6.10 Å². The van der Waals surface area contributed by atoms with Crippen molar-refractivity contribution >= 4 is 5.91 Å². The standard InChI is InChI=1S/C14H19NO3/c1-10(16)11-5-4-6-12(9-11)18-13-7-2-3-8-15-14(13)17/h4-6,9-10,13,16H,2-3,7-8H2,1H3,(H,15,17). The molecule has 0 aliphatic carbocycles. The van der Waals surface area contributed by atoms with Crippen LogP contribution in [0.4, 0.5) is 0 Å². The molecule has 4 nitrogen and oxygen atoms in total. The van der Waals surface area contributed by atoms with Gasteiger partial charge < -0.3 is 15.2 Å². The zero-order valence-electron chi connectivity index (χ0n) is 10.6. The Morgan fingerprint density at radius 1 is 1.44 bits per heavy atom. The first-order chi connectivity index (χ1) is 8.66. The number of hydrogen-bond acceptors (Lipinski definition) is 3. The third-order valence-electron chi connectivity index (χ3n) is 3.10. The van der Waals surface area contributed by atoms with Crippen LogP contribution < -0.4 is 10.1 Å².